The average molecular weight is 406 g/mol. The zero-order valence-electron chi connectivity index (χ0n) is 17.0. The Morgan fingerprint density at radius 2 is 2.00 bits per heavy atom. The number of aromatic nitrogens is 5. The number of nitrogens with zero attached hydrogens (tertiary/aromatic N) is 5. The monoisotopic (exact) mass is 406 g/mol. The molecule has 0 spiro atoms. The van der Waals surface area contributed by atoms with Crippen LogP contribution < -0.4 is 10.6 Å². The van der Waals surface area contributed by atoms with Gasteiger partial charge in [-0.15, -0.1) is 5.10 Å². The van der Waals surface area contributed by atoms with E-state index < -0.39 is 6.04 Å². The van der Waals surface area contributed by atoms with Crippen molar-refractivity contribution in [2.75, 3.05) is 19.4 Å². The van der Waals surface area contributed by atoms with Gasteiger partial charge in [0.25, 0.3) is 0 Å². The molecule has 0 aliphatic carbocycles. The molecular formula is C21H23FN8. The Morgan fingerprint density at radius 3 is 2.67 bits per heavy atom. The van der Waals surface area contributed by atoms with Gasteiger partial charge >= 0.3 is 0 Å². The highest BCUT2D eigenvalue weighted by Gasteiger charge is 2.21. The Bertz CT molecular complexity index is 1180. The van der Waals surface area contributed by atoms with Crippen LogP contribution in [0.4, 0.5) is 16.0 Å². The molecule has 0 amide bonds. The second kappa shape index (κ2) is 7.86. The number of hydrogen-bond acceptors (Lipinski definition) is 6. The SMILES string of the molecule is C=C(NC(c1ccc(F)cc1)c1nc(Nc2cc(C)[nH]n2)c2cccn2n1)N(C)C. The number of nitrogens with one attached hydrogen (secondary N) is 3. The van der Waals surface area contributed by atoms with E-state index in [4.69, 9.17) is 4.98 Å². The van der Waals surface area contributed by atoms with Crippen LogP contribution in [0.2, 0.25) is 0 Å². The minimum Gasteiger partial charge on any atom is -0.365 e. The molecule has 0 aliphatic heterocycles. The van der Waals surface area contributed by atoms with Crippen LogP contribution in [0.3, 0.4) is 0 Å². The van der Waals surface area contributed by atoms with Gasteiger partial charge in [-0.2, -0.15) is 5.10 Å². The number of hydrogen-bond donors (Lipinski definition) is 3. The number of fused-ring (bicyclic) bond motifs is 1. The van der Waals surface area contributed by atoms with Gasteiger partial charge < -0.3 is 15.5 Å². The summed E-state index contributed by atoms with van der Waals surface area (Å²) in [4.78, 5) is 6.63. The molecule has 30 heavy (non-hydrogen) atoms. The van der Waals surface area contributed by atoms with E-state index in [1.807, 2.05) is 50.3 Å². The first-order valence-corrected chi connectivity index (χ1v) is 9.43. The molecule has 0 radical (unpaired) electrons. The van der Waals surface area contributed by atoms with Gasteiger partial charge in [-0.1, -0.05) is 18.7 Å². The predicted octanol–water partition coefficient (Wildman–Crippen LogP) is 3.36. The molecule has 8 nitrogen and oxygen atoms in total. The van der Waals surface area contributed by atoms with Gasteiger partial charge in [-0.05, 0) is 36.8 Å². The average Bonchev–Trinajstić information content (AvgIpc) is 3.35. The van der Waals surface area contributed by atoms with Crippen molar-refractivity contribution in [3.63, 3.8) is 0 Å². The third-order valence-electron chi connectivity index (χ3n) is 4.67. The number of rotatable bonds is 7. The Hall–Kier alpha value is -3.88. The third kappa shape index (κ3) is 3.95. The van der Waals surface area contributed by atoms with Crippen molar-refractivity contribution in [2.24, 2.45) is 0 Å². The van der Waals surface area contributed by atoms with E-state index in [9.17, 15) is 4.39 Å². The van der Waals surface area contributed by atoms with Crippen LogP contribution in [0.25, 0.3) is 5.52 Å². The third-order valence-corrected chi connectivity index (χ3v) is 4.67. The lowest BCUT2D eigenvalue weighted by atomic mass is 10.1. The predicted molar refractivity (Wildman–Crippen MR) is 114 cm³/mol. The summed E-state index contributed by atoms with van der Waals surface area (Å²) in [7, 11) is 3.78. The summed E-state index contributed by atoms with van der Waals surface area (Å²) >= 11 is 0. The van der Waals surface area contributed by atoms with Gasteiger partial charge in [-0.25, -0.2) is 13.9 Å². The van der Waals surface area contributed by atoms with Crippen molar-refractivity contribution in [2.45, 2.75) is 13.0 Å². The van der Waals surface area contributed by atoms with E-state index >= 15 is 0 Å². The lowest BCUT2D eigenvalue weighted by molar-refractivity contribution is 0.439. The number of anilines is 2. The van der Waals surface area contributed by atoms with Gasteiger partial charge in [0.05, 0.1) is 5.82 Å². The van der Waals surface area contributed by atoms with E-state index in [1.165, 1.54) is 12.1 Å². The molecule has 3 heterocycles. The maximum absolute atomic E-state index is 13.5. The van der Waals surface area contributed by atoms with Crippen LogP contribution in [0, 0.1) is 12.7 Å². The summed E-state index contributed by atoms with van der Waals surface area (Å²) in [6.45, 7) is 5.98. The van der Waals surface area contributed by atoms with E-state index in [2.05, 4.69) is 32.5 Å². The zero-order valence-corrected chi connectivity index (χ0v) is 17.0. The first-order valence-electron chi connectivity index (χ1n) is 9.43. The summed E-state index contributed by atoms with van der Waals surface area (Å²) in [5, 5.41) is 18.4. The normalized spacial score (nSPS) is 12.0. The van der Waals surface area contributed by atoms with Crippen LogP contribution in [0.15, 0.2) is 61.1 Å². The minimum atomic E-state index is -0.436. The standard InChI is InChI=1S/C21H23FN8/c1-13-12-18(27-26-13)24-20-17-6-5-11-30(17)28-21(25-20)19(23-14(2)29(3)4)15-7-9-16(22)10-8-15/h5-12,19,23H,2H2,1,3-4H3,(H2,24,25,26,27,28). The molecule has 0 saturated heterocycles. The van der Waals surface area contributed by atoms with E-state index in [-0.39, 0.29) is 5.82 Å². The Kier molecular flexibility index (Phi) is 5.09. The molecule has 4 rings (SSSR count). The van der Waals surface area contributed by atoms with Crippen LogP contribution in [-0.4, -0.2) is 43.8 Å². The molecule has 0 aliphatic rings. The van der Waals surface area contributed by atoms with Crippen LogP contribution >= 0.6 is 0 Å². The maximum atomic E-state index is 13.5. The number of aromatic amines is 1. The van der Waals surface area contributed by atoms with Gasteiger partial charge in [0.15, 0.2) is 17.5 Å². The first-order chi connectivity index (χ1) is 14.4. The molecule has 3 aromatic heterocycles. The molecule has 154 valence electrons. The first kappa shape index (κ1) is 19.4. The number of H-pyrrole nitrogens is 1. The van der Waals surface area contributed by atoms with Crippen molar-refractivity contribution in [1.82, 2.24) is 35.0 Å². The number of aryl methyl sites for hydroxylation is 1. The minimum absolute atomic E-state index is 0.304. The van der Waals surface area contributed by atoms with E-state index in [0.29, 0.717) is 23.3 Å². The molecule has 1 unspecified atom stereocenters. The van der Waals surface area contributed by atoms with Crippen LogP contribution in [-0.2, 0) is 0 Å². The molecule has 1 atom stereocenters. The van der Waals surface area contributed by atoms with Gasteiger partial charge in [0, 0.05) is 32.1 Å². The van der Waals surface area contributed by atoms with Crippen molar-refractivity contribution >= 4 is 17.2 Å². The summed E-state index contributed by atoms with van der Waals surface area (Å²) in [5.74, 6) is 2.15. The fourth-order valence-corrected chi connectivity index (χ4v) is 3.02. The maximum Gasteiger partial charge on any atom is 0.178 e. The summed E-state index contributed by atoms with van der Waals surface area (Å²) in [6, 6.07) is 11.5. The molecular weight excluding hydrogens is 383 g/mol. The molecule has 1 aromatic carbocycles. The zero-order chi connectivity index (χ0) is 21.3. The van der Waals surface area contributed by atoms with Crippen LogP contribution in [0.5, 0.6) is 0 Å². The van der Waals surface area contributed by atoms with Crippen LogP contribution in [0.1, 0.15) is 23.1 Å². The van der Waals surface area contributed by atoms with Crippen molar-refractivity contribution < 1.29 is 4.39 Å². The second-order valence-electron chi connectivity index (χ2n) is 7.19. The molecule has 0 saturated carbocycles. The lowest BCUT2D eigenvalue weighted by Gasteiger charge is -2.25. The smallest absolute Gasteiger partial charge is 0.178 e. The summed E-state index contributed by atoms with van der Waals surface area (Å²) < 4.78 is 15.3. The van der Waals surface area contributed by atoms with Crippen molar-refractivity contribution in [3.8, 4) is 0 Å². The molecule has 9 heteroatoms. The summed E-state index contributed by atoms with van der Waals surface area (Å²) in [5.41, 5.74) is 2.56. The fourth-order valence-electron chi connectivity index (χ4n) is 3.02. The van der Waals surface area contributed by atoms with E-state index in [0.717, 1.165) is 16.8 Å². The summed E-state index contributed by atoms with van der Waals surface area (Å²) in [6.07, 6.45) is 1.85. The fraction of sp³-hybridized carbons (Fsp3) is 0.190. The van der Waals surface area contributed by atoms with Gasteiger partial charge in [-0.3, -0.25) is 5.10 Å². The van der Waals surface area contributed by atoms with Crippen molar-refractivity contribution in [1.29, 1.82) is 0 Å². The lowest BCUT2D eigenvalue weighted by Crippen LogP contribution is -2.30. The Morgan fingerprint density at radius 1 is 1.23 bits per heavy atom. The quantitative estimate of drug-likeness (QED) is 0.436. The molecule has 3 N–H and O–H groups in total. The van der Waals surface area contributed by atoms with Gasteiger partial charge in [0.2, 0.25) is 0 Å². The van der Waals surface area contributed by atoms with E-state index in [1.54, 1.807) is 16.6 Å². The van der Waals surface area contributed by atoms with Gasteiger partial charge in [0.1, 0.15) is 17.4 Å². The Balaban J connectivity index is 1.80. The topological polar surface area (TPSA) is 86.2 Å². The molecule has 4 aromatic rings. The Labute approximate surface area is 173 Å². The number of benzene rings is 1. The molecule has 0 bridgehead atoms. The number of halogens is 1. The highest BCUT2D eigenvalue weighted by atomic mass is 19.1. The second-order valence-corrected chi connectivity index (χ2v) is 7.19. The molecule has 0 fully saturated rings. The highest BCUT2D eigenvalue weighted by Crippen LogP contribution is 2.25. The van der Waals surface area contributed by atoms with Crippen molar-refractivity contribution in [3.05, 3.63) is 84.0 Å². The highest BCUT2D eigenvalue weighted by molar-refractivity contribution is 5.72. The largest absolute Gasteiger partial charge is 0.365 e.